The molecule has 17 heavy (non-hydrogen) atoms. The van der Waals surface area contributed by atoms with Crippen LogP contribution in [0.4, 0.5) is 0 Å². The zero-order valence-corrected chi connectivity index (χ0v) is 10.4. The van der Waals surface area contributed by atoms with Gasteiger partial charge in [-0.25, -0.2) is 4.98 Å². The third-order valence-electron chi connectivity index (χ3n) is 3.53. The van der Waals surface area contributed by atoms with Crippen molar-refractivity contribution in [3.63, 3.8) is 0 Å². The van der Waals surface area contributed by atoms with E-state index in [-0.39, 0.29) is 5.91 Å². The summed E-state index contributed by atoms with van der Waals surface area (Å²) in [6.45, 7) is 5.51. The molecule has 3 unspecified atom stereocenters. The quantitative estimate of drug-likeness (QED) is 0.819. The highest BCUT2D eigenvalue weighted by Crippen LogP contribution is 2.27. The summed E-state index contributed by atoms with van der Waals surface area (Å²) in [5.41, 5.74) is 5.66. The SMILES string of the molecule is CC(N)C(=O)N1CCC(C)C(n2ccnc2)C1. The highest BCUT2D eigenvalue weighted by atomic mass is 16.2. The fraction of sp³-hybridized carbons (Fsp3) is 0.667. The predicted octanol–water partition coefficient (Wildman–Crippen LogP) is 0.640. The number of imidazole rings is 1. The van der Waals surface area contributed by atoms with E-state index in [2.05, 4.69) is 16.5 Å². The van der Waals surface area contributed by atoms with Crippen LogP contribution in [0, 0.1) is 5.92 Å². The molecule has 1 saturated heterocycles. The molecule has 0 aromatic carbocycles. The molecule has 0 saturated carbocycles. The topological polar surface area (TPSA) is 64.2 Å². The van der Waals surface area contributed by atoms with Gasteiger partial charge in [-0.05, 0) is 19.3 Å². The first-order valence-electron chi connectivity index (χ1n) is 6.11. The molecule has 1 aromatic rings. The van der Waals surface area contributed by atoms with Gasteiger partial charge in [0.2, 0.25) is 5.91 Å². The number of carbonyl (C=O) groups is 1. The largest absolute Gasteiger partial charge is 0.339 e. The lowest BCUT2D eigenvalue weighted by atomic mass is 9.93. The molecule has 5 heteroatoms. The predicted molar refractivity (Wildman–Crippen MR) is 65.3 cm³/mol. The molecular weight excluding hydrogens is 216 g/mol. The molecule has 1 aliphatic heterocycles. The molecule has 5 nitrogen and oxygen atoms in total. The van der Waals surface area contributed by atoms with Crippen LogP contribution < -0.4 is 5.73 Å². The van der Waals surface area contributed by atoms with Gasteiger partial charge in [-0.3, -0.25) is 4.79 Å². The van der Waals surface area contributed by atoms with Gasteiger partial charge in [0.15, 0.2) is 0 Å². The van der Waals surface area contributed by atoms with E-state index in [9.17, 15) is 4.79 Å². The summed E-state index contributed by atoms with van der Waals surface area (Å²) in [6, 6.07) is -0.0965. The fourth-order valence-electron chi connectivity index (χ4n) is 2.39. The average molecular weight is 236 g/mol. The first-order valence-corrected chi connectivity index (χ1v) is 6.11. The standard InChI is InChI=1S/C12H20N4O/c1-9-3-5-15(12(17)10(2)13)7-11(9)16-6-4-14-8-16/h4,6,8-11H,3,5,7,13H2,1-2H3. The monoisotopic (exact) mass is 236 g/mol. The Morgan fingerprint density at radius 3 is 2.94 bits per heavy atom. The van der Waals surface area contributed by atoms with Crippen LogP contribution in [0.2, 0.25) is 0 Å². The van der Waals surface area contributed by atoms with E-state index < -0.39 is 6.04 Å². The number of carbonyl (C=O) groups excluding carboxylic acids is 1. The number of rotatable bonds is 2. The Balaban J connectivity index is 2.09. The normalized spacial score (nSPS) is 26.9. The van der Waals surface area contributed by atoms with E-state index >= 15 is 0 Å². The molecule has 1 fully saturated rings. The molecule has 3 atom stereocenters. The molecule has 1 amide bonds. The van der Waals surface area contributed by atoms with E-state index in [0.29, 0.717) is 12.0 Å². The summed E-state index contributed by atoms with van der Waals surface area (Å²) < 4.78 is 2.09. The van der Waals surface area contributed by atoms with Crippen LogP contribution in [0.3, 0.4) is 0 Å². The van der Waals surface area contributed by atoms with Crippen molar-refractivity contribution >= 4 is 5.91 Å². The number of hydrogen-bond donors (Lipinski definition) is 1. The molecule has 2 rings (SSSR count). The number of aromatic nitrogens is 2. The molecule has 1 aliphatic rings. The minimum absolute atomic E-state index is 0.0435. The van der Waals surface area contributed by atoms with E-state index in [0.717, 1.165) is 19.5 Å². The molecule has 2 heterocycles. The Kier molecular flexibility index (Phi) is 3.47. The first-order chi connectivity index (χ1) is 8.09. The van der Waals surface area contributed by atoms with Crippen LogP contribution >= 0.6 is 0 Å². The van der Waals surface area contributed by atoms with Crippen LogP contribution in [-0.4, -0.2) is 39.5 Å². The third-order valence-corrected chi connectivity index (χ3v) is 3.53. The van der Waals surface area contributed by atoms with Crippen molar-refractivity contribution in [3.05, 3.63) is 18.7 Å². The summed E-state index contributed by atoms with van der Waals surface area (Å²) in [7, 11) is 0. The van der Waals surface area contributed by atoms with Gasteiger partial charge in [-0.15, -0.1) is 0 Å². The lowest BCUT2D eigenvalue weighted by Crippen LogP contribution is -2.49. The fourth-order valence-corrected chi connectivity index (χ4v) is 2.39. The Hall–Kier alpha value is -1.36. The average Bonchev–Trinajstić information content (AvgIpc) is 2.82. The van der Waals surface area contributed by atoms with E-state index in [4.69, 9.17) is 5.73 Å². The summed E-state index contributed by atoms with van der Waals surface area (Å²) in [5.74, 6) is 0.600. The van der Waals surface area contributed by atoms with E-state index in [1.807, 2.05) is 17.4 Å². The lowest BCUT2D eigenvalue weighted by Gasteiger charge is -2.38. The lowest BCUT2D eigenvalue weighted by molar-refractivity contribution is -0.134. The molecular formula is C12H20N4O. The van der Waals surface area contributed by atoms with Crippen molar-refractivity contribution < 1.29 is 4.79 Å². The van der Waals surface area contributed by atoms with Crippen molar-refractivity contribution in [2.45, 2.75) is 32.4 Å². The molecule has 0 bridgehead atoms. The van der Waals surface area contributed by atoms with Crippen molar-refractivity contribution in [3.8, 4) is 0 Å². The maximum Gasteiger partial charge on any atom is 0.239 e. The van der Waals surface area contributed by atoms with E-state index in [1.165, 1.54) is 0 Å². The third kappa shape index (κ3) is 2.49. The Morgan fingerprint density at radius 2 is 2.35 bits per heavy atom. The van der Waals surface area contributed by atoms with Crippen molar-refractivity contribution in [1.29, 1.82) is 0 Å². The van der Waals surface area contributed by atoms with Gasteiger partial charge in [-0.1, -0.05) is 6.92 Å². The van der Waals surface area contributed by atoms with Crippen LogP contribution in [0.1, 0.15) is 26.3 Å². The van der Waals surface area contributed by atoms with Crippen LogP contribution in [0.15, 0.2) is 18.7 Å². The minimum Gasteiger partial charge on any atom is -0.339 e. The highest BCUT2D eigenvalue weighted by Gasteiger charge is 2.30. The molecule has 1 aromatic heterocycles. The summed E-state index contributed by atoms with van der Waals surface area (Å²) in [4.78, 5) is 17.8. The second-order valence-electron chi connectivity index (χ2n) is 4.92. The second-order valence-corrected chi connectivity index (χ2v) is 4.92. The smallest absolute Gasteiger partial charge is 0.239 e. The molecule has 2 N–H and O–H groups in total. The maximum absolute atomic E-state index is 11.9. The Bertz CT molecular complexity index is 374. The van der Waals surface area contributed by atoms with Gasteiger partial charge in [0.05, 0.1) is 18.4 Å². The van der Waals surface area contributed by atoms with Gasteiger partial charge in [0.25, 0.3) is 0 Å². The second kappa shape index (κ2) is 4.87. The Morgan fingerprint density at radius 1 is 1.59 bits per heavy atom. The number of piperidine rings is 1. The van der Waals surface area contributed by atoms with Crippen LogP contribution in [-0.2, 0) is 4.79 Å². The Labute approximate surface area is 102 Å². The summed E-state index contributed by atoms with van der Waals surface area (Å²) >= 11 is 0. The van der Waals surface area contributed by atoms with Crippen molar-refractivity contribution in [2.24, 2.45) is 11.7 Å². The summed E-state index contributed by atoms with van der Waals surface area (Å²) in [6.07, 6.45) is 6.57. The van der Waals surface area contributed by atoms with Crippen LogP contribution in [0.25, 0.3) is 0 Å². The number of likely N-dealkylation sites (tertiary alicyclic amines) is 1. The van der Waals surface area contributed by atoms with E-state index in [1.54, 1.807) is 13.1 Å². The minimum atomic E-state index is -0.410. The van der Waals surface area contributed by atoms with Gasteiger partial charge >= 0.3 is 0 Å². The van der Waals surface area contributed by atoms with Crippen molar-refractivity contribution in [1.82, 2.24) is 14.5 Å². The number of nitrogens with two attached hydrogens (primary N) is 1. The molecule has 0 aliphatic carbocycles. The zero-order chi connectivity index (χ0) is 12.4. The van der Waals surface area contributed by atoms with Gasteiger partial charge < -0.3 is 15.2 Å². The zero-order valence-electron chi connectivity index (χ0n) is 10.4. The van der Waals surface area contributed by atoms with Gasteiger partial charge in [-0.2, -0.15) is 0 Å². The molecule has 0 spiro atoms. The van der Waals surface area contributed by atoms with Crippen molar-refractivity contribution in [2.75, 3.05) is 13.1 Å². The molecule has 94 valence electrons. The first kappa shape index (κ1) is 12.1. The number of hydrogen-bond acceptors (Lipinski definition) is 3. The highest BCUT2D eigenvalue weighted by molar-refractivity contribution is 5.81. The van der Waals surface area contributed by atoms with Crippen LogP contribution in [0.5, 0.6) is 0 Å². The number of amides is 1. The van der Waals surface area contributed by atoms with Gasteiger partial charge in [0.1, 0.15) is 0 Å². The summed E-state index contributed by atoms with van der Waals surface area (Å²) in [5, 5.41) is 0. The molecule has 0 radical (unpaired) electrons. The van der Waals surface area contributed by atoms with Gasteiger partial charge in [0, 0.05) is 25.5 Å². The maximum atomic E-state index is 11.9. The number of nitrogens with zero attached hydrogens (tertiary/aromatic N) is 3.